The van der Waals surface area contributed by atoms with E-state index in [1.165, 1.54) is 31.5 Å². The topological polar surface area (TPSA) is 32.5 Å². The highest BCUT2D eigenvalue weighted by Gasteiger charge is 2.23. The van der Waals surface area contributed by atoms with Gasteiger partial charge in [-0.3, -0.25) is 9.80 Å². The van der Waals surface area contributed by atoms with Gasteiger partial charge in [0, 0.05) is 32.2 Å². The summed E-state index contributed by atoms with van der Waals surface area (Å²) in [5, 5.41) is 0. The van der Waals surface area contributed by atoms with Gasteiger partial charge in [0.1, 0.15) is 0 Å². The number of benzene rings is 1. The Kier molecular flexibility index (Phi) is 5.83. The molecule has 1 atom stereocenters. The van der Waals surface area contributed by atoms with Gasteiger partial charge in [0.2, 0.25) is 0 Å². The highest BCUT2D eigenvalue weighted by Crippen LogP contribution is 2.17. The molecule has 1 aliphatic heterocycles. The van der Waals surface area contributed by atoms with E-state index < -0.39 is 0 Å². The minimum Gasteiger partial charge on any atom is -0.329 e. The van der Waals surface area contributed by atoms with Gasteiger partial charge in [-0.05, 0) is 31.5 Å². The maximum atomic E-state index is 5.71. The predicted octanol–water partition coefficient (Wildman–Crippen LogP) is 1.93. The number of piperidine rings is 1. The first kappa shape index (κ1) is 14.5. The molecule has 3 nitrogen and oxygen atoms in total. The van der Waals surface area contributed by atoms with Gasteiger partial charge >= 0.3 is 0 Å². The van der Waals surface area contributed by atoms with Crippen molar-refractivity contribution < 1.29 is 0 Å². The third-order valence-electron chi connectivity index (χ3n) is 4.07. The first-order valence-electron chi connectivity index (χ1n) is 7.54. The molecule has 1 heterocycles. The molecule has 0 aliphatic carbocycles. The standard InChI is InChI=1S/C16H27N3/c1-2-19(12-10-17)16-9-6-11-18(14-16)13-15-7-4-3-5-8-15/h3-5,7-8,16H,2,6,9-14,17H2,1H3. The molecule has 0 radical (unpaired) electrons. The van der Waals surface area contributed by atoms with Crippen molar-refractivity contribution >= 4 is 0 Å². The minimum atomic E-state index is 0.686. The molecule has 0 aromatic heterocycles. The zero-order valence-corrected chi connectivity index (χ0v) is 12.1. The van der Waals surface area contributed by atoms with Gasteiger partial charge in [-0.25, -0.2) is 0 Å². The molecule has 2 N–H and O–H groups in total. The second-order valence-corrected chi connectivity index (χ2v) is 5.43. The SMILES string of the molecule is CCN(CCN)C1CCCN(Cc2ccccc2)C1. The molecule has 0 bridgehead atoms. The monoisotopic (exact) mass is 261 g/mol. The van der Waals surface area contributed by atoms with Crippen LogP contribution in [0.25, 0.3) is 0 Å². The summed E-state index contributed by atoms with van der Waals surface area (Å²) in [7, 11) is 0. The first-order valence-corrected chi connectivity index (χ1v) is 7.54. The molecule has 1 aromatic carbocycles. The van der Waals surface area contributed by atoms with E-state index >= 15 is 0 Å². The third-order valence-corrected chi connectivity index (χ3v) is 4.07. The lowest BCUT2D eigenvalue weighted by atomic mass is 10.0. The van der Waals surface area contributed by atoms with E-state index in [0.29, 0.717) is 6.04 Å². The molecule has 1 aromatic rings. The van der Waals surface area contributed by atoms with E-state index in [4.69, 9.17) is 5.73 Å². The van der Waals surface area contributed by atoms with E-state index in [0.717, 1.165) is 26.2 Å². The van der Waals surface area contributed by atoms with Crippen LogP contribution in [0.5, 0.6) is 0 Å². The molecule has 1 unspecified atom stereocenters. The summed E-state index contributed by atoms with van der Waals surface area (Å²) in [6.07, 6.45) is 2.62. The van der Waals surface area contributed by atoms with Crippen LogP contribution in [-0.4, -0.2) is 48.6 Å². The van der Waals surface area contributed by atoms with E-state index in [1.807, 2.05) is 0 Å². The zero-order valence-electron chi connectivity index (χ0n) is 12.1. The summed E-state index contributed by atoms with van der Waals surface area (Å²) < 4.78 is 0. The van der Waals surface area contributed by atoms with Crippen molar-refractivity contribution in [2.24, 2.45) is 5.73 Å². The van der Waals surface area contributed by atoms with Crippen LogP contribution in [0.15, 0.2) is 30.3 Å². The van der Waals surface area contributed by atoms with E-state index in [9.17, 15) is 0 Å². The first-order chi connectivity index (χ1) is 9.33. The highest BCUT2D eigenvalue weighted by atomic mass is 15.2. The molecule has 0 saturated carbocycles. The van der Waals surface area contributed by atoms with Gasteiger partial charge in [-0.2, -0.15) is 0 Å². The van der Waals surface area contributed by atoms with Gasteiger partial charge in [0.25, 0.3) is 0 Å². The highest BCUT2D eigenvalue weighted by molar-refractivity contribution is 5.14. The molecule has 0 amide bonds. The fraction of sp³-hybridized carbons (Fsp3) is 0.625. The molecule has 1 aliphatic rings. The van der Waals surface area contributed by atoms with Crippen molar-refractivity contribution in [2.75, 3.05) is 32.7 Å². The fourth-order valence-corrected chi connectivity index (χ4v) is 3.08. The summed E-state index contributed by atoms with van der Waals surface area (Å²) in [6.45, 7) is 8.64. The van der Waals surface area contributed by atoms with Gasteiger partial charge in [-0.1, -0.05) is 37.3 Å². The van der Waals surface area contributed by atoms with E-state index in [1.54, 1.807) is 0 Å². The Morgan fingerprint density at radius 3 is 2.79 bits per heavy atom. The number of nitrogens with two attached hydrogens (primary N) is 1. The van der Waals surface area contributed by atoms with Gasteiger partial charge in [0.15, 0.2) is 0 Å². The second kappa shape index (κ2) is 7.63. The van der Waals surface area contributed by atoms with Crippen LogP contribution in [-0.2, 0) is 6.54 Å². The average Bonchev–Trinajstić information content (AvgIpc) is 2.46. The normalized spacial score (nSPS) is 20.9. The molecule has 0 spiro atoms. The average molecular weight is 261 g/mol. The number of hydrogen-bond donors (Lipinski definition) is 1. The minimum absolute atomic E-state index is 0.686. The van der Waals surface area contributed by atoms with Crippen molar-refractivity contribution in [1.82, 2.24) is 9.80 Å². The lowest BCUT2D eigenvalue weighted by Gasteiger charge is -2.39. The molecule has 1 saturated heterocycles. The number of likely N-dealkylation sites (N-methyl/N-ethyl adjacent to an activating group) is 1. The number of hydrogen-bond acceptors (Lipinski definition) is 3. The summed E-state index contributed by atoms with van der Waals surface area (Å²) in [4.78, 5) is 5.12. The Hall–Kier alpha value is -0.900. The second-order valence-electron chi connectivity index (χ2n) is 5.43. The molecular weight excluding hydrogens is 234 g/mol. The Morgan fingerprint density at radius 2 is 2.11 bits per heavy atom. The van der Waals surface area contributed by atoms with E-state index in [-0.39, 0.29) is 0 Å². The van der Waals surface area contributed by atoms with Crippen molar-refractivity contribution in [3.05, 3.63) is 35.9 Å². The van der Waals surface area contributed by atoms with Crippen LogP contribution in [0, 0.1) is 0 Å². The van der Waals surface area contributed by atoms with Gasteiger partial charge in [-0.15, -0.1) is 0 Å². The smallest absolute Gasteiger partial charge is 0.0234 e. The predicted molar refractivity (Wildman–Crippen MR) is 81.0 cm³/mol. The van der Waals surface area contributed by atoms with Crippen LogP contribution < -0.4 is 5.73 Å². The van der Waals surface area contributed by atoms with Crippen molar-refractivity contribution in [3.63, 3.8) is 0 Å². The lowest BCUT2D eigenvalue weighted by Crippen LogP contribution is -2.48. The van der Waals surface area contributed by atoms with Crippen LogP contribution in [0.4, 0.5) is 0 Å². The van der Waals surface area contributed by atoms with Crippen LogP contribution in [0.1, 0.15) is 25.3 Å². The lowest BCUT2D eigenvalue weighted by molar-refractivity contribution is 0.0990. The number of likely N-dealkylation sites (tertiary alicyclic amines) is 1. The quantitative estimate of drug-likeness (QED) is 0.849. The maximum Gasteiger partial charge on any atom is 0.0234 e. The molecule has 3 heteroatoms. The maximum absolute atomic E-state index is 5.71. The van der Waals surface area contributed by atoms with Crippen LogP contribution >= 0.6 is 0 Å². The summed E-state index contributed by atoms with van der Waals surface area (Å²) in [6, 6.07) is 11.5. The van der Waals surface area contributed by atoms with Crippen LogP contribution in [0.2, 0.25) is 0 Å². The molecule has 2 rings (SSSR count). The summed E-state index contributed by atoms with van der Waals surface area (Å²) >= 11 is 0. The largest absolute Gasteiger partial charge is 0.329 e. The van der Waals surface area contributed by atoms with Crippen LogP contribution in [0.3, 0.4) is 0 Å². The molecule has 106 valence electrons. The van der Waals surface area contributed by atoms with Crippen molar-refractivity contribution in [2.45, 2.75) is 32.4 Å². The Balaban J connectivity index is 1.89. The van der Waals surface area contributed by atoms with Gasteiger partial charge < -0.3 is 5.73 Å². The number of nitrogens with zero attached hydrogens (tertiary/aromatic N) is 2. The molecule has 1 fully saturated rings. The summed E-state index contributed by atoms with van der Waals surface area (Å²) in [5.74, 6) is 0. The molecule has 19 heavy (non-hydrogen) atoms. The van der Waals surface area contributed by atoms with E-state index in [2.05, 4.69) is 47.1 Å². The zero-order chi connectivity index (χ0) is 13.5. The fourth-order valence-electron chi connectivity index (χ4n) is 3.08. The Labute approximate surface area is 117 Å². The Morgan fingerprint density at radius 1 is 1.32 bits per heavy atom. The third kappa shape index (κ3) is 4.30. The summed E-state index contributed by atoms with van der Waals surface area (Å²) in [5.41, 5.74) is 7.14. The number of rotatable bonds is 6. The molecular formula is C16H27N3. The van der Waals surface area contributed by atoms with Crippen molar-refractivity contribution in [1.29, 1.82) is 0 Å². The Bertz CT molecular complexity index is 352. The van der Waals surface area contributed by atoms with Gasteiger partial charge in [0.05, 0.1) is 0 Å². The van der Waals surface area contributed by atoms with Crippen molar-refractivity contribution in [3.8, 4) is 0 Å².